The number of thioether (sulfide) groups is 1. The molecule has 2 aromatic carbocycles. The van der Waals surface area contributed by atoms with Crippen molar-refractivity contribution >= 4 is 53.0 Å². The van der Waals surface area contributed by atoms with E-state index < -0.39 is 76.1 Å². The molecule has 3 N–H and O–H groups in total. The molecular weight excluding hydrogens is 686 g/mol. The Balaban J connectivity index is 2.15. The van der Waals surface area contributed by atoms with Gasteiger partial charge in [-0.25, -0.2) is 9.59 Å². The summed E-state index contributed by atoms with van der Waals surface area (Å²) in [4.78, 5) is 84.4. The minimum Gasteiger partial charge on any atom is -0.462 e. The average Bonchev–Trinajstić information content (AvgIpc) is 3.10. The third-order valence-corrected chi connectivity index (χ3v) is 7.50. The van der Waals surface area contributed by atoms with E-state index in [1.54, 1.807) is 30.3 Å². The van der Waals surface area contributed by atoms with Crippen LogP contribution in [-0.4, -0.2) is 105 Å². The highest BCUT2D eigenvalue weighted by atomic mass is 32.2. The van der Waals surface area contributed by atoms with E-state index in [-0.39, 0.29) is 50.1 Å². The van der Waals surface area contributed by atoms with Crippen LogP contribution in [0, 0.1) is 20.2 Å². The van der Waals surface area contributed by atoms with Crippen LogP contribution < -0.4 is 16.0 Å². The monoisotopic (exact) mass is 723 g/mol. The van der Waals surface area contributed by atoms with Crippen LogP contribution in [0.3, 0.4) is 0 Å². The molecule has 0 saturated heterocycles. The number of hydrogen-bond acceptors (Lipinski definition) is 15. The zero-order valence-electron chi connectivity index (χ0n) is 27.2. The van der Waals surface area contributed by atoms with Crippen LogP contribution in [0.1, 0.15) is 18.4 Å². The summed E-state index contributed by atoms with van der Waals surface area (Å²) in [5, 5.41) is 29.8. The molecule has 0 aliphatic carbocycles. The Hall–Kier alpha value is -5.34. The number of nitro benzene ring substituents is 2. The first-order valence-corrected chi connectivity index (χ1v) is 15.8. The lowest BCUT2D eigenvalue weighted by atomic mass is 10.1. The number of alkyl carbamates (subject to hydrolysis) is 1. The minimum absolute atomic E-state index is 0.0382. The minimum atomic E-state index is -1.40. The first-order chi connectivity index (χ1) is 23.9. The summed E-state index contributed by atoms with van der Waals surface area (Å²) in [6, 6.07) is 8.93. The Bertz CT molecular complexity index is 1480. The van der Waals surface area contributed by atoms with Crippen molar-refractivity contribution < 1.29 is 57.5 Å². The zero-order valence-corrected chi connectivity index (χ0v) is 28.0. The quantitative estimate of drug-likeness (QED) is 0.0390. The van der Waals surface area contributed by atoms with E-state index in [0.29, 0.717) is 5.56 Å². The van der Waals surface area contributed by atoms with Gasteiger partial charge >= 0.3 is 18.0 Å². The van der Waals surface area contributed by atoms with Crippen molar-refractivity contribution in [3.63, 3.8) is 0 Å². The van der Waals surface area contributed by atoms with E-state index in [9.17, 15) is 44.2 Å². The number of rotatable bonds is 22. The Morgan fingerprint density at radius 1 is 0.820 bits per heavy atom. The maximum Gasteiger partial charge on any atom is 0.408 e. The van der Waals surface area contributed by atoms with Crippen molar-refractivity contribution in [2.45, 2.75) is 36.4 Å². The average molecular weight is 724 g/mol. The summed E-state index contributed by atoms with van der Waals surface area (Å²) in [6.45, 7) is -0.710. The molecule has 0 aromatic heterocycles. The number of amides is 3. The summed E-state index contributed by atoms with van der Waals surface area (Å²) in [7, 11) is 2.79. The molecule has 0 bridgehead atoms. The van der Waals surface area contributed by atoms with Crippen LogP contribution in [0.25, 0.3) is 0 Å². The highest BCUT2D eigenvalue weighted by Gasteiger charge is 2.28. The molecular formula is C30H37N5O14S. The van der Waals surface area contributed by atoms with E-state index in [1.165, 1.54) is 14.2 Å². The highest BCUT2D eigenvalue weighted by molar-refractivity contribution is 7.99. The highest BCUT2D eigenvalue weighted by Crippen LogP contribution is 2.32. The number of benzene rings is 2. The van der Waals surface area contributed by atoms with E-state index in [0.717, 1.165) is 30.0 Å². The summed E-state index contributed by atoms with van der Waals surface area (Å²) in [5.74, 6) is -3.65. The zero-order chi connectivity index (χ0) is 36.9. The van der Waals surface area contributed by atoms with Crippen LogP contribution in [0.15, 0.2) is 53.4 Å². The molecule has 50 heavy (non-hydrogen) atoms. The number of non-ortho nitro benzene ring substituents is 1. The number of hydrogen-bond donors (Lipinski definition) is 3. The van der Waals surface area contributed by atoms with Gasteiger partial charge in [-0.05, 0) is 18.1 Å². The van der Waals surface area contributed by atoms with Crippen LogP contribution >= 0.6 is 11.8 Å². The molecule has 0 fully saturated rings. The lowest BCUT2D eigenvalue weighted by Gasteiger charge is -2.20. The van der Waals surface area contributed by atoms with E-state index in [4.69, 9.17) is 23.7 Å². The van der Waals surface area contributed by atoms with Crippen LogP contribution in [-0.2, 0) is 49.5 Å². The van der Waals surface area contributed by atoms with Gasteiger partial charge < -0.3 is 39.6 Å². The van der Waals surface area contributed by atoms with E-state index in [1.807, 2.05) is 0 Å². The second kappa shape index (κ2) is 22.3. The molecule has 0 heterocycles. The van der Waals surface area contributed by atoms with Gasteiger partial charge in [0, 0.05) is 32.5 Å². The maximum atomic E-state index is 13.1. The Kier molecular flexibility index (Phi) is 18.2. The van der Waals surface area contributed by atoms with Crippen molar-refractivity contribution in [3.05, 3.63) is 74.3 Å². The molecule has 2 atom stereocenters. The molecule has 0 spiro atoms. The fourth-order valence-electron chi connectivity index (χ4n) is 3.84. The summed E-state index contributed by atoms with van der Waals surface area (Å²) in [5.41, 5.74) is -0.439. The smallest absolute Gasteiger partial charge is 0.408 e. The van der Waals surface area contributed by atoms with Gasteiger partial charge in [-0.15, -0.1) is 11.8 Å². The summed E-state index contributed by atoms with van der Waals surface area (Å²) < 4.78 is 24.8. The predicted octanol–water partition coefficient (Wildman–Crippen LogP) is 1.65. The second-order valence-corrected chi connectivity index (χ2v) is 11.0. The molecule has 2 unspecified atom stereocenters. The molecule has 2 aromatic rings. The first-order valence-electron chi connectivity index (χ1n) is 14.8. The van der Waals surface area contributed by atoms with Crippen LogP contribution in [0.2, 0.25) is 0 Å². The lowest BCUT2D eigenvalue weighted by molar-refractivity contribution is -0.396. The number of carbonyl (C=O) groups excluding carboxylic acids is 5. The third kappa shape index (κ3) is 15.3. The standard InChI is InChI=1S/C30H37N5O14S/c1-45-12-14-47-27(37)17-31-28(38)23(19-50-25-10-8-21(34(41)42)16-24(25)35(43)44)32-26(36)11-9-22(29(39)48-15-13-46-2)33-30(40)49-18-20-6-4-3-5-7-20/h3-8,10,16,22-23H,9,11-15,17-19H2,1-2H3,(H,31,38)(H,32,36)(H,33,40). The molecule has 0 saturated carbocycles. The molecule has 272 valence electrons. The molecule has 19 nitrogen and oxygen atoms in total. The Labute approximate surface area is 290 Å². The number of nitrogens with one attached hydrogen (secondary N) is 3. The molecule has 20 heteroatoms. The molecule has 0 aliphatic rings. The van der Waals surface area contributed by atoms with Crippen molar-refractivity contribution in [2.24, 2.45) is 0 Å². The van der Waals surface area contributed by atoms with Crippen LogP contribution in [0.5, 0.6) is 0 Å². The SMILES string of the molecule is COCCOC(=O)CNC(=O)C(CSc1ccc([N+](=O)[O-])cc1[N+](=O)[O-])NC(=O)CCC(NC(=O)OCc1ccccc1)C(=O)OCCOC. The van der Waals surface area contributed by atoms with Gasteiger partial charge in [-0.1, -0.05) is 30.3 Å². The van der Waals surface area contributed by atoms with Gasteiger partial charge in [0.05, 0.1) is 34.0 Å². The van der Waals surface area contributed by atoms with Crippen molar-refractivity contribution in [2.75, 3.05) is 52.9 Å². The summed E-state index contributed by atoms with van der Waals surface area (Å²) >= 11 is 0.746. The van der Waals surface area contributed by atoms with Gasteiger partial charge in [0.25, 0.3) is 11.4 Å². The summed E-state index contributed by atoms with van der Waals surface area (Å²) in [6.07, 6.45) is -1.67. The van der Waals surface area contributed by atoms with Gasteiger partial charge in [-0.2, -0.15) is 0 Å². The first kappa shape index (κ1) is 40.8. The largest absolute Gasteiger partial charge is 0.462 e. The van der Waals surface area contributed by atoms with Crippen molar-refractivity contribution in [1.82, 2.24) is 16.0 Å². The Morgan fingerprint density at radius 2 is 1.50 bits per heavy atom. The van der Waals surface area contributed by atoms with E-state index in [2.05, 4.69) is 16.0 Å². The number of ether oxygens (including phenoxy) is 5. The van der Waals surface area contributed by atoms with Crippen LogP contribution in [0.4, 0.5) is 16.2 Å². The number of methoxy groups -OCH3 is 2. The van der Waals surface area contributed by atoms with Crippen molar-refractivity contribution in [3.8, 4) is 0 Å². The van der Waals surface area contributed by atoms with Gasteiger partial charge in [0.15, 0.2) is 0 Å². The number of nitrogens with zero attached hydrogens (tertiary/aromatic N) is 2. The van der Waals surface area contributed by atoms with E-state index >= 15 is 0 Å². The third-order valence-electron chi connectivity index (χ3n) is 6.35. The Morgan fingerprint density at radius 3 is 2.14 bits per heavy atom. The van der Waals surface area contributed by atoms with Gasteiger partial charge in [0.2, 0.25) is 11.8 Å². The topological polar surface area (TPSA) is 254 Å². The molecule has 0 aliphatic heterocycles. The normalized spacial score (nSPS) is 11.7. The van der Waals surface area contributed by atoms with Gasteiger partial charge in [-0.3, -0.25) is 34.6 Å². The number of nitro groups is 2. The number of esters is 2. The number of carbonyl (C=O) groups is 5. The lowest BCUT2D eigenvalue weighted by Crippen LogP contribution is -2.50. The van der Waals surface area contributed by atoms with Crippen molar-refractivity contribution in [1.29, 1.82) is 0 Å². The maximum absolute atomic E-state index is 13.1. The molecule has 3 amide bonds. The fraction of sp³-hybridized carbons (Fsp3) is 0.433. The second-order valence-electron chi connectivity index (χ2n) is 9.99. The van der Waals surface area contributed by atoms with Gasteiger partial charge in [0.1, 0.15) is 38.4 Å². The molecule has 2 rings (SSSR count). The molecule has 0 radical (unpaired) electrons. The predicted molar refractivity (Wildman–Crippen MR) is 174 cm³/mol. The fourth-order valence-corrected chi connectivity index (χ4v) is 4.86.